The quantitative estimate of drug-likeness (QED) is 0.722. The van der Waals surface area contributed by atoms with Crippen molar-refractivity contribution in [2.24, 2.45) is 5.92 Å². The molecule has 0 aliphatic heterocycles. The molecule has 3 rings (SSSR count). The molecular weight excluding hydrogens is 312 g/mol. The number of rotatable bonds is 4. The van der Waals surface area contributed by atoms with Crippen LogP contribution in [0.3, 0.4) is 0 Å². The van der Waals surface area contributed by atoms with Crippen LogP contribution in [0.2, 0.25) is 5.02 Å². The first-order chi connectivity index (χ1) is 11.0. The molecule has 1 heterocycles. The van der Waals surface area contributed by atoms with Crippen molar-refractivity contribution in [1.82, 2.24) is 4.98 Å². The molecule has 0 atom stereocenters. The normalized spacial score (nSPS) is 11.1. The fourth-order valence-corrected chi connectivity index (χ4v) is 2.43. The van der Waals surface area contributed by atoms with Gasteiger partial charge in [0.1, 0.15) is 5.52 Å². The van der Waals surface area contributed by atoms with Gasteiger partial charge in [0.25, 0.3) is 0 Å². The average molecular weight is 329 g/mol. The first-order valence-electron chi connectivity index (χ1n) is 7.47. The summed E-state index contributed by atoms with van der Waals surface area (Å²) in [7, 11) is 0. The molecule has 4 nitrogen and oxygen atoms in total. The minimum Gasteiger partial charge on any atom is -0.436 e. The molecule has 0 aliphatic rings. The highest BCUT2D eigenvalue weighted by atomic mass is 35.5. The first kappa shape index (κ1) is 15.6. The van der Waals surface area contributed by atoms with Crippen molar-refractivity contribution in [3.05, 3.63) is 47.5 Å². The average Bonchev–Trinajstić information content (AvgIpc) is 2.90. The number of amides is 1. The van der Waals surface area contributed by atoms with E-state index in [0.717, 1.165) is 11.3 Å². The molecule has 0 spiro atoms. The molecule has 1 amide bonds. The Labute approximate surface area is 139 Å². The molecule has 0 aliphatic carbocycles. The van der Waals surface area contributed by atoms with Gasteiger partial charge in [-0.25, -0.2) is 4.98 Å². The zero-order chi connectivity index (χ0) is 16.4. The lowest BCUT2D eigenvalue weighted by Gasteiger charge is -2.06. The van der Waals surface area contributed by atoms with E-state index in [0.29, 0.717) is 34.4 Å². The summed E-state index contributed by atoms with van der Waals surface area (Å²) in [4.78, 5) is 16.3. The molecule has 1 N–H and O–H groups in total. The number of fused-ring (bicyclic) bond motifs is 1. The second-order valence-corrected chi connectivity index (χ2v) is 6.29. The summed E-state index contributed by atoms with van der Waals surface area (Å²) in [6, 6.07) is 12.8. The van der Waals surface area contributed by atoms with E-state index >= 15 is 0 Å². The minimum atomic E-state index is 0.000713. The van der Waals surface area contributed by atoms with Gasteiger partial charge in [0.15, 0.2) is 5.58 Å². The number of halogens is 1. The third-order valence-electron chi connectivity index (χ3n) is 3.36. The number of hydrogen-bond acceptors (Lipinski definition) is 3. The van der Waals surface area contributed by atoms with Crippen molar-refractivity contribution in [2.45, 2.75) is 20.3 Å². The van der Waals surface area contributed by atoms with E-state index in [4.69, 9.17) is 16.0 Å². The van der Waals surface area contributed by atoms with E-state index in [1.165, 1.54) is 0 Å². The van der Waals surface area contributed by atoms with Crippen LogP contribution in [0, 0.1) is 5.92 Å². The minimum absolute atomic E-state index is 0.000713. The number of aromatic nitrogens is 1. The summed E-state index contributed by atoms with van der Waals surface area (Å²) < 4.78 is 5.75. The number of carbonyl (C=O) groups is 1. The van der Waals surface area contributed by atoms with Gasteiger partial charge < -0.3 is 9.73 Å². The van der Waals surface area contributed by atoms with Crippen LogP contribution in [0.15, 0.2) is 46.9 Å². The van der Waals surface area contributed by atoms with E-state index in [2.05, 4.69) is 10.3 Å². The number of anilines is 1. The van der Waals surface area contributed by atoms with E-state index in [-0.39, 0.29) is 5.91 Å². The van der Waals surface area contributed by atoms with Crippen LogP contribution in [-0.4, -0.2) is 10.9 Å². The number of carbonyl (C=O) groups excluding carboxylic acids is 1. The molecule has 1 aromatic heterocycles. The van der Waals surface area contributed by atoms with Crippen molar-refractivity contribution in [2.75, 3.05) is 5.32 Å². The molecular formula is C18H17ClN2O2. The number of nitrogens with one attached hydrogen (secondary N) is 1. The Kier molecular flexibility index (Phi) is 4.35. The van der Waals surface area contributed by atoms with Gasteiger partial charge in [-0.3, -0.25) is 4.79 Å². The molecule has 5 heteroatoms. The molecule has 0 unspecified atom stereocenters. The maximum atomic E-state index is 11.9. The maximum Gasteiger partial charge on any atom is 0.227 e. The molecule has 0 radical (unpaired) electrons. The Bertz CT molecular complexity index is 838. The van der Waals surface area contributed by atoms with Gasteiger partial charge in [0.05, 0.1) is 0 Å². The third kappa shape index (κ3) is 3.71. The van der Waals surface area contributed by atoms with Crippen LogP contribution in [0.4, 0.5) is 5.69 Å². The summed E-state index contributed by atoms with van der Waals surface area (Å²) in [6.45, 7) is 4.03. The fourth-order valence-electron chi connectivity index (χ4n) is 2.30. The highest BCUT2D eigenvalue weighted by Gasteiger charge is 2.10. The largest absolute Gasteiger partial charge is 0.436 e. The molecule has 0 saturated carbocycles. The predicted octanol–water partition coefficient (Wildman–Crippen LogP) is 5.13. The van der Waals surface area contributed by atoms with Crippen LogP contribution in [-0.2, 0) is 4.79 Å². The van der Waals surface area contributed by atoms with Crippen molar-refractivity contribution >= 4 is 34.3 Å². The molecule has 0 bridgehead atoms. The van der Waals surface area contributed by atoms with Crippen LogP contribution in [0.1, 0.15) is 20.3 Å². The summed E-state index contributed by atoms with van der Waals surface area (Å²) in [5, 5.41) is 3.55. The van der Waals surface area contributed by atoms with E-state index in [1.54, 1.807) is 12.1 Å². The first-order valence-corrected chi connectivity index (χ1v) is 7.85. The van der Waals surface area contributed by atoms with Gasteiger partial charge >= 0.3 is 0 Å². The van der Waals surface area contributed by atoms with Crippen LogP contribution in [0.5, 0.6) is 0 Å². The smallest absolute Gasteiger partial charge is 0.227 e. The molecule has 118 valence electrons. The van der Waals surface area contributed by atoms with E-state index in [9.17, 15) is 4.79 Å². The van der Waals surface area contributed by atoms with Crippen LogP contribution < -0.4 is 5.32 Å². The molecule has 23 heavy (non-hydrogen) atoms. The van der Waals surface area contributed by atoms with Crippen molar-refractivity contribution in [1.29, 1.82) is 0 Å². The Morgan fingerprint density at radius 2 is 1.96 bits per heavy atom. The Morgan fingerprint density at radius 1 is 1.22 bits per heavy atom. The van der Waals surface area contributed by atoms with Gasteiger partial charge in [-0.2, -0.15) is 0 Å². The van der Waals surface area contributed by atoms with Gasteiger partial charge in [-0.05, 0) is 48.4 Å². The van der Waals surface area contributed by atoms with Crippen molar-refractivity contribution in [3.63, 3.8) is 0 Å². The van der Waals surface area contributed by atoms with Crippen LogP contribution >= 0.6 is 11.6 Å². The number of hydrogen-bond donors (Lipinski definition) is 1. The summed E-state index contributed by atoms with van der Waals surface area (Å²) >= 11 is 5.89. The zero-order valence-corrected chi connectivity index (χ0v) is 13.7. The standard InChI is InChI=1S/C18H17ClN2O2/c1-11(2)9-17(22)20-14-7-8-16-15(10-14)21-18(23-16)12-3-5-13(19)6-4-12/h3-8,10-11H,9H2,1-2H3,(H,20,22). The highest BCUT2D eigenvalue weighted by molar-refractivity contribution is 6.30. The lowest BCUT2D eigenvalue weighted by atomic mass is 10.1. The number of benzene rings is 2. The topological polar surface area (TPSA) is 55.1 Å². The summed E-state index contributed by atoms with van der Waals surface area (Å²) in [5.41, 5.74) is 2.96. The number of oxazole rings is 1. The molecule has 0 saturated heterocycles. The number of nitrogens with zero attached hydrogens (tertiary/aromatic N) is 1. The Morgan fingerprint density at radius 3 is 2.65 bits per heavy atom. The van der Waals surface area contributed by atoms with Crippen molar-refractivity contribution in [3.8, 4) is 11.5 Å². The van der Waals surface area contributed by atoms with Gasteiger partial charge in [-0.15, -0.1) is 0 Å². The Balaban J connectivity index is 1.86. The van der Waals surface area contributed by atoms with E-state index in [1.807, 2.05) is 44.2 Å². The molecule has 2 aromatic carbocycles. The van der Waals surface area contributed by atoms with Crippen molar-refractivity contribution < 1.29 is 9.21 Å². The SMILES string of the molecule is CC(C)CC(=O)Nc1ccc2oc(-c3ccc(Cl)cc3)nc2c1. The zero-order valence-electron chi connectivity index (χ0n) is 13.0. The highest BCUT2D eigenvalue weighted by Crippen LogP contribution is 2.27. The molecule has 3 aromatic rings. The van der Waals surface area contributed by atoms with Gasteiger partial charge in [0, 0.05) is 22.7 Å². The second-order valence-electron chi connectivity index (χ2n) is 5.85. The fraction of sp³-hybridized carbons (Fsp3) is 0.222. The van der Waals surface area contributed by atoms with Gasteiger partial charge in [0.2, 0.25) is 11.8 Å². The van der Waals surface area contributed by atoms with Gasteiger partial charge in [-0.1, -0.05) is 25.4 Å². The monoisotopic (exact) mass is 328 g/mol. The summed E-state index contributed by atoms with van der Waals surface area (Å²) in [5.74, 6) is 0.852. The third-order valence-corrected chi connectivity index (χ3v) is 3.61. The predicted molar refractivity (Wildman–Crippen MR) is 92.5 cm³/mol. The molecule has 0 fully saturated rings. The second kappa shape index (κ2) is 6.42. The Hall–Kier alpha value is -2.33. The maximum absolute atomic E-state index is 11.9. The lowest BCUT2D eigenvalue weighted by molar-refractivity contribution is -0.116. The van der Waals surface area contributed by atoms with E-state index < -0.39 is 0 Å². The lowest BCUT2D eigenvalue weighted by Crippen LogP contribution is -2.13. The van der Waals surface area contributed by atoms with Crippen LogP contribution in [0.25, 0.3) is 22.6 Å². The summed E-state index contributed by atoms with van der Waals surface area (Å²) in [6.07, 6.45) is 0.493.